The molecule has 0 bridgehead atoms. The van der Waals surface area contributed by atoms with Crippen LogP contribution in [-0.2, 0) is 17.9 Å². The molecule has 0 aliphatic heterocycles. The zero-order valence-corrected chi connectivity index (χ0v) is 14.2. The smallest absolute Gasteiger partial charge is 0.180 e. The van der Waals surface area contributed by atoms with Gasteiger partial charge in [-0.05, 0) is 36.3 Å². The van der Waals surface area contributed by atoms with Gasteiger partial charge in [-0.1, -0.05) is 19.1 Å². The minimum atomic E-state index is 0.344. The zero-order valence-electron chi connectivity index (χ0n) is 13.4. The molecule has 0 aliphatic rings. The second kappa shape index (κ2) is 9.12. The average molecular weight is 334 g/mol. The van der Waals surface area contributed by atoms with Crippen molar-refractivity contribution in [3.8, 4) is 5.75 Å². The molecule has 0 saturated heterocycles. The van der Waals surface area contributed by atoms with Crippen molar-refractivity contribution in [2.24, 2.45) is 0 Å². The van der Waals surface area contributed by atoms with Crippen molar-refractivity contribution in [2.45, 2.75) is 20.1 Å². The van der Waals surface area contributed by atoms with Crippen molar-refractivity contribution in [1.29, 1.82) is 0 Å². The monoisotopic (exact) mass is 334 g/mol. The number of aryl methyl sites for hydroxylation is 1. The van der Waals surface area contributed by atoms with Gasteiger partial charge < -0.3 is 20.1 Å². The first-order valence-electron chi connectivity index (χ1n) is 7.49. The fourth-order valence-corrected chi connectivity index (χ4v) is 2.12. The second-order valence-electron chi connectivity index (χ2n) is 4.91. The van der Waals surface area contributed by atoms with Gasteiger partial charge in [0, 0.05) is 13.7 Å². The Labute approximate surface area is 141 Å². The molecule has 23 heavy (non-hydrogen) atoms. The number of nitrogens with one attached hydrogen (secondary N) is 2. The summed E-state index contributed by atoms with van der Waals surface area (Å²) in [6.07, 6.45) is 4.56. The lowest BCUT2D eigenvalue weighted by atomic mass is 10.2. The average Bonchev–Trinajstić information content (AvgIpc) is 3.01. The molecule has 0 aliphatic carbocycles. The van der Waals surface area contributed by atoms with Crippen LogP contribution in [0, 0.1) is 0 Å². The summed E-state index contributed by atoms with van der Waals surface area (Å²) >= 11 is 5.18. The minimum absolute atomic E-state index is 0.344. The lowest BCUT2D eigenvalue weighted by Crippen LogP contribution is -2.30. The zero-order chi connectivity index (χ0) is 16.5. The number of hydrogen-bond donors (Lipinski definition) is 2. The fourth-order valence-electron chi connectivity index (χ4n) is 1.90. The first kappa shape index (κ1) is 17.2. The lowest BCUT2D eigenvalue weighted by Gasteiger charge is -2.08. The number of methoxy groups -OCH3 is 1. The summed E-state index contributed by atoms with van der Waals surface area (Å²) in [7, 11) is 1.65. The van der Waals surface area contributed by atoms with Crippen molar-refractivity contribution in [1.82, 2.24) is 15.1 Å². The summed E-state index contributed by atoms with van der Waals surface area (Å²) in [5, 5.41) is 10.9. The van der Waals surface area contributed by atoms with Crippen molar-refractivity contribution in [3.63, 3.8) is 0 Å². The highest BCUT2D eigenvalue weighted by atomic mass is 32.1. The molecular weight excluding hydrogens is 312 g/mol. The largest absolute Gasteiger partial charge is 0.471 e. The Balaban J connectivity index is 1.78. The molecular formula is C16H22N4O2S. The highest BCUT2D eigenvalue weighted by Gasteiger charge is 2.02. The first-order chi connectivity index (χ1) is 11.2. The summed E-state index contributed by atoms with van der Waals surface area (Å²) in [6.45, 7) is 3.73. The summed E-state index contributed by atoms with van der Waals surface area (Å²) in [5.41, 5.74) is 2.10. The first-order valence-corrected chi connectivity index (χ1v) is 7.90. The van der Waals surface area contributed by atoms with Gasteiger partial charge in [0.05, 0.1) is 24.7 Å². The van der Waals surface area contributed by atoms with Crippen molar-refractivity contribution in [2.75, 3.05) is 25.6 Å². The predicted molar refractivity (Wildman–Crippen MR) is 94.8 cm³/mol. The molecule has 1 aromatic heterocycles. The van der Waals surface area contributed by atoms with Crippen molar-refractivity contribution >= 4 is 23.0 Å². The maximum Gasteiger partial charge on any atom is 0.180 e. The van der Waals surface area contributed by atoms with Crippen LogP contribution in [0.25, 0.3) is 0 Å². The highest BCUT2D eigenvalue weighted by molar-refractivity contribution is 7.80. The number of anilines is 1. The molecule has 2 aromatic rings. The van der Waals surface area contributed by atoms with Crippen LogP contribution in [0.3, 0.4) is 0 Å². The maximum atomic E-state index is 5.70. The summed E-state index contributed by atoms with van der Waals surface area (Å²) in [6, 6.07) is 8.07. The van der Waals surface area contributed by atoms with Gasteiger partial charge in [0.1, 0.15) is 5.75 Å². The normalized spacial score (nSPS) is 10.3. The SMILES string of the molecule is CCc1ccc(OCn2cc(NC(=S)NCCOC)cn2)cc1. The molecule has 0 saturated carbocycles. The standard InChI is InChI=1S/C16H22N4O2S/c1-3-13-4-6-15(7-5-13)22-12-20-11-14(10-18-20)19-16(23)17-8-9-21-2/h4-7,10-11H,3,8-9,12H2,1-2H3,(H2,17,19,23). The molecule has 1 heterocycles. The molecule has 0 atom stereocenters. The quantitative estimate of drug-likeness (QED) is 0.571. The van der Waals surface area contributed by atoms with Gasteiger partial charge >= 0.3 is 0 Å². The molecule has 0 spiro atoms. The third kappa shape index (κ3) is 5.88. The van der Waals surface area contributed by atoms with Crippen LogP contribution >= 0.6 is 12.2 Å². The summed E-state index contributed by atoms with van der Waals surface area (Å²) in [4.78, 5) is 0. The van der Waals surface area contributed by atoms with E-state index >= 15 is 0 Å². The predicted octanol–water partition coefficient (Wildman–Crippen LogP) is 2.41. The van der Waals surface area contributed by atoms with Crippen LogP contribution in [-0.4, -0.2) is 35.2 Å². The summed E-state index contributed by atoms with van der Waals surface area (Å²) in [5.74, 6) is 0.823. The molecule has 6 nitrogen and oxygen atoms in total. The van der Waals surface area contributed by atoms with Crippen LogP contribution in [0.2, 0.25) is 0 Å². The molecule has 2 N–H and O–H groups in total. The van der Waals surface area contributed by atoms with E-state index in [9.17, 15) is 0 Å². The lowest BCUT2D eigenvalue weighted by molar-refractivity contribution is 0.204. The fraction of sp³-hybridized carbons (Fsp3) is 0.375. The molecule has 0 fully saturated rings. The maximum absolute atomic E-state index is 5.70. The van der Waals surface area contributed by atoms with Gasteiger partial charge in [0.15, 0.2) is 11.8 Å². The van der Waals surface area contributed by atoms with Crippen molar-refractivity contribution < 1.29 is 9.47 Å². The van der Waals surface area contributed by atoms with Gasteiger partial charge in [0.25, 0.3) is 0 Å². The molecule has 0 amide bonds. The summed E-state index contributed by atoms with van der Waals surface area (Å²) < 4.78 is 12.4. The van der Waals surface area contributed by atoms with Gasteiger partial charge in [-0.3, -0.25) is 0 Å². The highest BCUT2D eigenvalue weighted by Crippen LogP contribution is 2.13. The topological polar surface area (TPSA) is 60.3 Å². The van der Waals surface area contributed by atoms with Crippen LogP contribution in [0.1, 0.15) is 12.5 Å². The molecule has 2 rings (SSSR count). The van der Waals surface area contributed by atoms with Crippen LogP contribution < -0.4 is 15.4 Å². The number of hydrogen-bond acceptors (Lipinski definition) is 4. The van der Waals surface area contributed by atoms with Crippen LogP contribution in [0.4, 0.5) is 5.69 Å². The Morgan fingerprint density at radius 1 is 1.30 bits per heavy atom. The Morgan fingerprint density at radius 2 is 2.09 bits per heavy atom. The minimum Gasteiger partial charge on any atom is -0.471 e. The van der Waals surface area contributed by atoms with Gasteiger partial charge in [-0.15, -0.1) is 0 Å². The Hall–Kier alpha value is -2.12. The number of ether oxygens (including phenoxy) is 2. The molecule has 0 radical (unpaired) electrons. The second-order valence-corrected chi connectivity index (χ2v) is 5.32. The van der Waals surface area contributed by atoms with E-state index in [1.165, 1.54) is 5.56 Å². The number of aromatic nitrogens is 2. The van der Waals surface area contributed by atoms with Gasteiger partial charge in [-0.25, -0.2) is 4.68 Å². The van der Waals surface area contributed by atoms with E-state index in [-0.39, 0.29) is 0 Å². The molecule has 0 unspecified atom stereocenters. The van der Waals surface area contributed by atoms with Crippen LogP contribution in [0.5, 0.6) is 5.75 Å². The third-order valence-electron chi connectivity index (χ3n) is 3.18. The van der Waals surface area contributed by atoms with E-state index in [0.717, 1.165) is 17.9 Å². The van der Waals surface area contributed by atoms with E-state index in [1.807, 2.05) is 18.3 Å². The molecule has 7 heteroatoms. The van der Waals surface area contributed by atoms with Crippen LogP contribution in [0.15, 0.2) is 36.7 Å². The number of benzene rings is 1. The van der Waals surface area contributed by atoms with E-state index in [4.69, 9.17) is 21.7 Å². The third-order valence-corrected chi connectivity index (χ3v) is 3.42. The number of rotatable bonds is 8. The number of nitrogens with zero attached hydrogens (tertiary/aromatic N) is 2. The Kier molecular flexibility index (Phi) is 6.83. The molecule has 1 aromatic carbocycles. The van der Waals surface area contributed by atoms with E-state index in [0.29, 0.717) is 25.0 Å². The Morgan fingerprint density at radius 3 is 2.78 bits per heavy atom. The van der Waals surface area contributed by atoms with E-state index in [2.05, 4.69) is 34.8 Å². The van der Waals surface area contributed by atoms with Gasteiger partial charge in [-0.2, -0.15) is 5.10 Å². The van der Waals surface area contributed by atoms with Gasteiger partial charge in [0.2, 0.25) is 0 Å². The Bertz CT molecular complexity index is 613. The molecule has 124 valence electrons. The van der Waals surface area contributed by atoms with E-state index < -0.39 is 0 Å². The van der Waals surface area contributed by atoms with Crippen molar-refractivity contribution in [3.05, 3.63) is 42.2 Å². The van der Waals surface area contributed by atoms with E-state index in [1.54, 1.807) is 18.0 Å². The number of thiocarbonyl (C=S) groups is 1.